The fourth-order valence-corrected chi connectivity index (χ4v) is 0.320. The van der Waals surface area contributed by atoms with Gasteiger partial charge in [-0.3, -0.25) is 0 Å². The molecule has 0 rings (SSSR count). The van der Waals surface area contributed by atoms with Gasteiger partial charge in [0.25, 0.3) is 0 Å². The fourth-order valence-electron chi connectivity index (χ4n) is 0.320. The molecule has 0 bridgehead atoms. The van der Waals surface area contributed by atoms with Crippen LogP contribution < -0.4 is 0 Å². The van der Waals surface area contributed by atoms with E-state index < -0.39 is 18.7 Å². The van der Waals surface area contributed by atoms with Crippen molar-refractivity contribution in [2.75, 3.05) is 0 Å². The first-order valence-electron chi connectivity index (χ1n) is 2.33. The third kappa shape index (κ3) is 5.36. The first-order chi connectivity index (χ1) is 3.95. The molecule has 0 aromatic heterocycles. The second kappa shape index (κ2) is 2.87. The van der Waals surface area contributed by atoms with Crippen LogP contribution >= 0.6 is 0 Å². The molecule has 0 radical (unpaired) electrons. The van der Waals surface area contributed by atoms with Gasteiger partial charge >= 0.3 is 6.18 Å². The maximum Gasteiger partial charge on any atom is 0.391 e. The third-order valence-electron chi connectivity index (χ3n) is 0.713. The van der Waals surface area contributed by atoms with Crippen molar-refractivity contribution in [1.82, 2.24) is 0 Å². The number of halogens is 3. The highest BCUT2D eigenvalue weighted by Gasteiger charge is 2.29. The maximum absolute atomic E-state index is 11.3. The molecule has 0 aliphatic rings. The molecule has 0 heterocycles. The van der Waals surface area contributed by atoms with Crippen molar-refractivity contribution >= 4 is 0 Å². The summed E-state index contributed by atoms with van der Waals surface area (Å²) in [5, 5.41) is 8.36. The molecule has 1 N–H and O–H groups in total. The Labute approximate surface area is 50.8 Å². The van der Waals surface area contributed by atoms with Crippen LogP contribution in [-0.2, 0) is 0 Å². The highest BCUT2D eigenvalue weighted by atomic mass is 19.4. The normalized spacial score (nSPS) is 15.1. The molecule has 0 aromatic rings. The summed E-state index contributed by atoms with van der Waals surface area (Å²) in [5.74, 6) is 0. The molecular weight excluding hydrogens is 133 g/mol. The van der Waals surface area contributed by atoms with Gasteiger partial charge in [0.05, 0.1) is 12.5 Å². The Morgan fingerprint density at radius 3 is 2.11 bits per heavy atom. The molecule has 0 fully saturated rings. The Morgan fingerprint density at radius 2 is 2.00 bits per heavy atom. The SMILES string of the molecule is C=CC(O)CC(F)(F)F. The van der Waals surface area contributed by atoms with E-state index in [1.807, 2.05) is 0 Å². The van der Waals surface area contributed by atoms with Crippen molar-refractivity contribution in [3.63, 3.8) is 0 Å². The molecule has 0 aromatic carbocycles. The average molecular weight is 140 g/mol. The molecule has 9 heavy (non-hydrogen) atoms. The summed E-state index contributed by atoms with van der Waals surface area (Å²) in [4.78, 5) is 0. The van der Waals surface area contributed by atoms with E-state index in [0.717, 1.165) is 6.08 Å². The Balaban J connectivity index is 3.59. The molecule has 1 unspecified atom stereocenters. The van der Waals surface area contributed by atoms with Crippen LogP contribution in [0, 0.1) is 0 Å². The van der Waals surface area contributed by atoms with Gasteiger partial charge < -0.3 is 5.11 Å². The molecule has 1 atom stereocenters. The molecule has 0 amide bonds. The zero-order valence-electron chi connectivity index (χ0n) is 4.65. The minimum Gasteiger partial charge on any atom is -0.389 e. The standard InChI is InChI=1S/C5H7F3O/c1-2-4(9)3-5(6,7)8/h2,4,9H,1,3H2. The predicted molar refractivity (Wildman–Crippen MR) is 26.9 cm³/mol. The Hall–Kier alpha value is -0.510. The monoisotopic (exact) mass is 140 g/mol. The van der Waals surface area contributed by atoms with Crippen LogP contribution in [0.2, 0.25) is 0 Å². The number of alkyl halides is 3. The van der Waals surface area contributed by atoms with Gasteiger partial charge in [-0.05, 0) is 0 Å². The lowest BCUT2D eigenvalue weighted by molar-refractivity contribution is -0.148. The van der Waals surface area contributed by atoms with Gasteiger partial charge in [-0.25, -0.2) is 0 Å². The largest absolute Gasteiger partial charge is 0.391 e. The van der Waals surface area contributed by atoms with E-state index >= 15 is 0 Å². The number of hydrogen-bond acceptors (Lipinski definition) is 1. The first-order valence-corrected chi connectivity index (χ1v) is 2.33. The Bertz CT molecular complexity index is 96.9. The van der Waals surface area contributed by atoms with E-state index in [1.165, 1.54) is 0 Å². The summed E-state index contributed by atoms with van der Waals surface area (Å²) in [6.07, 6.45) is -6.12. The zero-order valence-corrected chi connectivity index (χ0v) is 4.65. The topological polar surface area (TPSA) is 20.2 Å². The molecule has 0 spiro atoms. The predicted octanol–water partition coefficient (Wildman–Crippen LogP) is 1.49. The molecule has 0 aliphatic heterocycles. The van der Waals surface area contributed by atoms with Crippen LogP contribution in [0.1, 0.15) is 6.42 Å². The van der Waals surface area contributed by atoms with Crippen molar-refractivity contribution in [2.24, 2.45) is 0 Å². The van der Waals surface area contributed by atoms with Crippen molar-refractivity contribution < 1.29 is 18.3 Å². The second-order valence-electron chi connectivity index (χ2n) is 1.62. The lowest BCUT2D eigenvalue weighted by Crippen LogP contribution is -2.16. The summed E-state index contributed by atoms with van der Waals surface area (Å²) in [6.45, 7) is 2.99. The van der Waals surface area contributed by atoms with Gasteiger partial charge in [0.1, 0.15) is 0 Å². The summed E-state index contributed by atoms with van der Waals surface area (Å²) in [5.41, 5.74) is 0. The van der Waals surface area contributed by atoms with E-state index in [2.05, 4.69) is 6.58 Å². The molecule has 0 aliphatic carbocycles. The second-order valence-corrected chi connectivity index (χ2v) is 1.62. The maximum atomic E-state index is 11.3. The van der Waals surface area contributed by atoms with E-state index in [1.54, 1.807) is 0 Å². The fraction of sp³-hybridized carbons (Fsp3) is 0.600. The van der Waals surface area contributed by atoms with Crippen molar-refractivity contribution in [1.29, 1.82) is 0 Å². The van der Waals surface area contributed by atoms with Crippen molar-refractivity contribution in [2.45, 2.75) is 18.7 Å². The molecule has 4 heteroatoms. The van der Waals surface area contributed by atoms with Gasteiger partial charge in [-0.15, -0.1) is 6.58 Å². The zero-order chi connectivity index (χ0) is 7.49. The molecule has 1 nitrogen and oxygen atoms in total. The van der Waals surface area contributed by atoms with Gasteiger partial charge in [-0.1, -0.05) is 6.08 Å². The van der Waals surface area contributed by atoms with Crippen molar-refractivity contribution in [3.8, 4) is 0 Å². The molecule has 54 valence electrons. The number of aliphatic hydroxyl groups is 1. The number of hydrogen-bond donors (Lipinski definition) is 1. The van der Waals surface area contributed by atoms with Crippen LogP contribution in [0.3, 0.4) is 0 Å². The highest BCUT2D eigenvalue weighted by molar-refractivity contribution is 4.79. The minimum absolute atomic E-state index is 0.855. The van der Waals surface area contributed by atoms with Crippen molar-refractivity contribution in [3.05, 3.63) is 12.7 Å². The number of rotatable bonds is 2. The van der Waals surface area contributed by atoms with E-state index in [-0.39, 0.29) is 0 Å². The summed E-state index contributed by atoms with van der Waals surface area (Å²) >= 11 is 0. The van der Waals surface area contributed by atoms with Gasteiger partial charge in [0.15, 0.2) is 0 Å². The van der Waals surface area contributed by atoms with Gasteiger partial charge in [0.2, 0.25) is 0 Å². The third-order valence-corrected chi connectivity index (χ3v) is 0.713. The van der Waals surface area contributed by atoms with Crippen LogP contribution in [0.25, 0.3) is 0 Å². The lowest BCUT2D eigenvalue weighted by Gasteiger charge is -2.07. The Morgan fingerprint density at radius 1 is 1.56 bits per heavy atom. The lowest BCUT2D eigenvalue weighted by atomic mass is 10.2. The summed E-state index contributed by atoms with van der Waals surface area (Å²) in [6, 6.07) is 0. The average Bonchev–Trinajstić information content (AvgIpc) is 1.62. The van der Waals surface area contributed by atoms with Crippen LogP contribution in [0.5, 0.6) is 0 Å². The van der Waals surface area contributed by atoms with E-state index in [4.69, 9.17) is 5.11 Å². The van der Waals surface area contributed by atoms with Gasteiger partial charge in [0, 0.05) is 0 Å². The van der Waals surface area contributed by atoms with E-state index in [9.17, 15) is 13.2 Å². The van der Waals surface area contributed by atoms with Crippen LogP contribution in [0.4, 0.5) is 13.2 Å². The smallest absolute Gasteiger partial charge is 0.389 e. The summed E-state index contributed by atoms with van der Waals surface area (Å²) in [7, 11) is 0. The Kier molecular flexibility index (Phi) is 2.70. The molecular formula is C5H7F3O. The van der Waals surface area contributed by atoms with E-state index in [0.29, 0.717) is 0 Å². The minimum atomic E-state index is -4.30. The first kappa shape index (κ1) is 8.49. The van der Waals surface area contributed by atoms with Crippen LogP contribution in [0.15, 0.2) is 12.7 Å². The summed E-state index contributed by atoms with van der Waals surface area (Å²) < 4.78 is 33.9. The molecule has 0 saturated heterocycles. The highest BCUT2D eigenvalue weighted by Crippen LogP contribution is 2.21. The van der Waals surface area contributed by atoms with Crippen LogP contribution in [-0.4, -0.2) is 17.4 Å². The number of aliphatic hydroxyl groups excluding tert-OH is 1. The molecule has 0 saturated carbocycles. The quantitative estimate of drug-likeness (QED) is 0.576. The van der Waals surface area contributed by atoms with Gasteiger partial charge in [-0.2, -0.15) is 13.2 Å².